The molecule has 2 aliphatic rings. The summed E-state index contributed by atoms with van der Waals surface area (Å²) in [6, 6.07) is 4.94. The number of pyridine rings is 1. The van der Waals surface area contributed by atoms with Gasteiger partial charge < -0.3 is 10.2 Å². The highest BCUT2D eigenvalue weighted by molar-refractivity contribution is 5.46. The highest BCUT2D eigenvalue weighted by atomic mass is 15.2. The molecule has 0 radical (unpaired) electrons. The Kier molecular flexibility index (Phi) is 3.50. The molecule has 0 aliphatic carbocycles. The molecule has 2 aliphatic heterocycles. The highest BCUT2D eigenvalue weighted by Crippen LogP contribution is 2.28. The number of hydrogen-bond donors (Lipinski definition) is 1. The zero-order valence-corrected chi connectivity index (χ0v) is 11.2. The van der Waals surface area contributed by atoms with Crippen LogP contribution in [0.3, 0.4) is 0 Å². The third-order valence-corrected chi connectivity index (χ3v) is 4.41. The summed E-state index contributed by atoms with van der Waals surface area (Å²) < 4.78 is 0. The zero-order chi connectivity index (χ0) is 12.4. The number of anilines is 1. The maximum absolute atomic E-state index is 4.57. The third-order valence-electron chi connectivity index (χ3n) is 4.41. The van der Waals surface area contributed by atoms with Gasteiger partial charge in [0.05, 0.1) is 0 Å². The lowest BCUT2D eigenvalue weighted by Crippen LogP contribution is -2.44. The lowest BCUT2D eigenvalue weighted by molar-refractivity contribution is 0.327. The molecule has 3 nitrogen and oxygen atoms in total. The van der Waals surface area contributed by atoms with Gasteiger partial charge in [-0.05, 0) is 56.7 Å². The molecule has 2 fully saturated rings. The third kappa shape index (κ3) is 2.37. The molecule has 1 aromatic rings. The average molecular weight is 245 g/mol. The smallest absolute Gasteiger partial charge is 0.131 e. The lowest BCUT2D eigenvalue weighted by Gasteiger charge is -2.37. The van der Waals surface area contributed by atoms with Crippen molar-refractivity contribution in [2.45, 2.75) is 38.6 Å². The van der Waals surface area contributed by atoms with Gasteiger partial charge in [0.1, 0.15) is 5.82 Å². The maximum Gasteiger partial charge on any atom is 0.131 e. The molecule has 0 spiro atoms. The number of nitrogens with one attached hydrogen (secondary N) is 1. The molecule has 3 heterocycles. The molecule has 1 N–H and O–H groups in total. The Hall–Kier alpha value is -1.09. The monoisotopic (exact) mass is 245 g/mol. The molecule has 98 valence electrons. The Labute approximate surface area is 110 Å². The number of hydrogen-bond acceptors (Lipinski definition) is 3. The minimum Gasteiger partial charge on any atom is -0.356 e. The average Bonchev–Trinajstić information content (AvgIpc) is 2.93. The largest absolute Gasteiger partial charge is 0.356 e. The van der Waals surface area contributed by atoms with Crippen LogP contribution in [0.2, 0.25) is 0 Å². The van der Waals surface area contributed by atoms with Gasteiger partial charge in [-0.15, -0.1) is 0 Å². The van der Waals surface area contributed by atoms with Gasteiger partial charge in [-0.1, -0.05) is 6.07 Å². The first-order valence-corrected chi connectivity index (χ1v) is 7.24. The summed E-state index contributed by atoms with van der Waals surface area (Å²) in [4.78, 5) is 7.06. The second-order valence-electron chi connectivity index (χ2n) is 5.70. The van der Waals surface area contributed by atoms with Crippen LogP contribution in [0.15, 0.2) is 18.3 Å². The van der Waals surface area contributed by atoms with E-state index in [0.29, 0.717) is 0 Å². The van der Waals surface area contributed by atoms with Crippen LogP contribution in [0, 0.1) is 12.8 Å². The Morgan fingerprint density at radius 3 is 3.06 bits per heavy atom. The van der Waals surface area contributed by atoms with Crippen molar-refractivity contribution in [1.82, 2.24) is 10.3 Å². The minimum atomic E-state index is 0.747. The second-order valence-corrected chi connectivity index (χ2v) is 5.70. The van der Waals surface area contributed by atoms with Crippen LogP contribution >= 0.6 is 0 Å². The molecule has 18 heavy (non-hydrogen) atoms. The van der Waals surface area contributed by atoms with Crippen molar-refractivity contribution < 1.29 is 0 Å². The van der Waals surface area contributed by atoms with E-state index in [2.05, 4.69) is 28.2 Å². The fraction of sp³-hybridized carbons (Fsp3) is 0.667. The van der Waals surface area contributed by atoms with Crippen molar-refractivity contribution in [3.8, 4) is 0 Å². The molecule has 2 atom stereocenters. The first-order chi connectivity index (χ1) is 8.84. The van der Waals surface area contributed by atoms with Crippen LogP contribution in [-0.2, 0) is 0 Å². The van der Waals surface area contributed by atoms with Gasteiger partial charge in [-0.2, -0.15) is 0 Å². The van der Waals surface area contributed by atoms with E-state index in [-0.39, 0.29) is 0 Å². The standard InChI is InChI=1S/C15H23N3/c1-12-5-2-9-17-15(12)18-10-4-6-13(11-18)14-7-3-8-16-14/h2,5,9,13-14,16H,3-4,6-8,10-11H2,1H3. The second kappa shape index (κ2) is 5.27. The summed E-state index contributed by atoms with van der Waals surface area (Å²) in [7, 11) is 0. The van der Waals surface area contributed by atoms with Crippen LogP contribution in [-0.4, -0.2) is 30.7 Å². The quantitative estimate of drug-likeness (QED) is 0.867. The van der Waals surface area contributed by atoms with Crippen LogP contribution < -0.4 is 10.2 Å². The molecule has 0 aromatic carbocycles. The lowest BCUT2D eigenvalue weighted by atomic mass is 9.89. The van der Waals surface area contributed by atoms with Gasteiger partial charge in [0, 0.05) is 25.3 Å². The molecule has 3 heteroatoms. The molecule has 2 saturated heterocycles. The summed E-state index contributed by atoms with van der Waals surface area (Å²) in [6.45, 7) is 5.72. The van der Waals surface area contributed by atoms with E-state index < -0.39 is 0 Å². The first-order valence-electron chi connectivity index (χ1n) is 7.24. The maximum atomic E-state index is 4.57. The Morgan fingerprint density at radius 1 is 1.33 bits per heavy atom. The summed E-state index contributed by atoms with van der Waals surface area (Å²) in [5.41, 5.74) is 1.30. The SMILES string of the molecule is Cc1cccnc1N1CCCC(C2CCCN2)C1. The molecule has 2 unspecified atom stereocenters. The van der Waals surface area contributed by atoms with Gasteiger partial charge >= 0.3 is 0 Å². The van der Waals surface area contributed by atoms with Gasteiger partial charge in [-0.25, -0.2) is 4.98 Å². The van der Waals surface area contributed by atoms with Crippen LogP contribution in [0.25, 0.3) is 0 Å². The fourth-order valence-electron chi connectivity index (χ4n) is 3.45. The van der Waals surface area contributed by atoms with Crippen molar-refractivity contribution in [2.24, 2.45) is 5.92 Å². The number of rotatable bonds is 2. The van der Waals surface area contributed by atoms with Gasteiger partial charge in [0.2, 0.25) is 0 Å². The summed E-state index contributed by atoms with van der Waals surface area (Å²) in [5.74, 6) is 2.00. The van der Waals surface area contributed by atoms with Gasteiger partial charge in [0.15, 0.2) is 0 Å². The van der Waals surface area contributed by atoms with Crippen molar-refractivity contribution >= 4 is 5.82 Å². The Balaban J connectivity index is 1.72. The number of aromatic nitrogens is 1. The normalized spacial score (nSPS) is 28.6. The van der Waals surface area contributed by atoms with Crippen molar-refractivity contribution in [1.29, 1.82) is 0 Å². The van der Waals surface area contributed by atoms with Crippen LogP contribution in [0.1, 0.15) is 31.2 Å². The fourth-order valence-corrected chi connectivity index (χ4v) is 3.45. The van der Waals surface area contributed by atoms with E-state index >= 15 is 0 Å². The van der Waals surface area contributed by atoms with Crippen molar-refractivity contribution in [3.05, 3.63) is 23.9 Å². The first kappa shape index (κ1) is 12.0. The molecular formula is C15H23N3. The Bertz CT molecular complexity index is 398. The van der Waals surface area contributed by atoms with Crippen molar-refractivity contribution in [2.75, 3.05) is 24.5 Å². The molecule has 3 rings (SSSR count). The number of aryl methyl sites for hydroxylation is 1. The molecular weight excluding hydrogens is 222 g/mol. The zero-order valence-electron chi connectivity index (χ0n) is 11.2. The summed E-state index contributed by atoms with van der Waals surface area (Å²) >= 11 is 0. The van der Waals surface area contributed by atoms with Crippen LogP contribution in [0.4, 0.5) is 5.82 Å². The van der Waals surface area contributed by atoms with Crippen LogP contribution in [0.5, 0.6) is 0 Å². The summed E-state index contributed by atoms with van der Waals surface area (Å²) in [6.07, 6.45) is 7.31. The molecule has 1 aromatic heterocycles. The Morgan fingerprint density at radius 2 is 2.28 bits per heavy atom. The molecule has 0 saturated carbocycles. The van der Waals surface area contributed by atoms with E-state index in [1.807, 2.05) is 12.3 Å². The molecule has 0 bridgehead atoms. The summed E-state index contributed by atoms with van der Waals surface area (Å²) in [5, 5.41) is 3.67. The predicted molar refractivity (Wildman–Crippen MR) is 74.9 cm³/mol. The van der Waals surface area contributed by atoms with E-state index in [9.17, 15) is 0 Å². The van der Waals surface area contributed by atoms with Gasteiger partial charge in [0.25, 0.3) is 0 Å². The topological polar surface area (TPSA) is 28.2 Å². The molecule has 0 amide bonds. The van der Waals surface area contributed by atoms with E-state index in [4.69, 9.17) is 0 Å². The van der Waals surface area contributed by atoms with E-state index in [0.717, 1.165) is 12.0 Å². The van der Waals surface area contributed by atoms with Crippen molar-refractivity contribution in [3.63, 3.8) is 0 Å². The number of piperidine rings is 1. The van der Waals surface area contributed by atoms with E-state index in [1.54, 1.807) is 0 Å². The number of nitrogens with zero attached hydrogens (tertiary/aromatic N) is 2. The predicted octanol–water partition coefficient (Wildman–Crippen LogP) is 2.36. The van der Waals surface area contributed by atoms with Gasteiger partial charge in [-0.3, -0.25) is 0 Å². The van der Waals surface area contributed by atoms with E-state index in [1.165, 1.54) is 56.7 Å². The highest BCUT2D eigenvalue weighted by Gasteiger charge is 2.29. The minimum absolute atomic E-state index is 0.747.